The minimum Gasteiger partial charge on any atom is -0.496 e. The second-order valence-electron chi connectivity index (χ2n) is 6.14. The third-order valence-electron chi connectivity index (χ3n) is 4.06. The van der Waals surface area contributed by atoms with Crippen molar-refractivity contribution in [2.45, 2.75) is 25.4 Å². The molecule has 1 heterocycles. The van der Waals surface area contributed by atoms with Crippen molar-refractivity contribution < 1.29 is 14.5 Å². The van der Waals surface area contributed by atoms with Gasteiger partial charge in [0.25, 0.3) is 5.91 Å². The molecule has 1 aliphatic carbocycles. The maximum atomic E-state index is 12.1. The third-order valence-corrected chi connectivity index (χ3v) is 4.06. The van der Waals surface area contributed by atoms with Gasteiger partial charge in [0.15, 0.2) is 0 Å². The fourth-order valence-corrected chi connectivity index (χ4v) is 2.53. The van der Waals surface area contributed by atoms with E-state index in [2.05, 4.69) is 10.4 Å². The van der Waals surface area contributed by atoms with Gasteiger partial charge in [0.1, 0.15) is 29.8 Å². The largest absolute Gasteiger partial charge is 0.496 e. The Morgan fingerprint density at radius 3 is 2.93 bits per heavy atom. The average Bonchev–Trinajstić information content (AvgIpc) is 3.34. The Kier molecular flexibility index (Phi) is 5.17. The number of hydrogen-bond donors (Lipinski definition) is 1. The van der Waals surface area contributed by atoms with Gasteiger partial charge in [0, 0.05) is 11.6 Å². The second-order valence-corrected chi connectivity index (χ2v) is 6.14. The number of nitrogens with zero attached hydrogens (tertiary/aromatic N) is 4. The number of nitriles is 1. The van der Waals surface area contributed by atoms with Gasteiger partial charge >= 0.3 is 5.69 Å². The number of carbonyl (C=O) groups is 1. The van der Waals surface area contributed by atoms with Crippen LogP contribution in [-0.2, 0) is 11.3 Å². The minimum absolute atomic E-state index is 0.0211. The Hall–Kier alpha value is -3.67. The van der Waals surface area contributed by atoms with Crippen LogP contribution in [0.4, 0.5) is 5.69 Å². The SMILES string of the molecule is COc1ccc(C=C(C#N)C(=O)NC2CC2)cc1Cn1cc([N+](=O)[O-])cn1. The fraction of sp³-hybridized carbons (Fsp3) is 0.278. The number of nitro groups is 1. The Morgan fingerprint density at radius 1 is 1.56 bits per heavy atom. The highest BCUT2D eigenvalue weighted by molar-refractivity contribution is 6.02. The van der Waals surface area contributed by atoms with Gasteiger partial charge in [-0.25, -0.2) is 0 Å². The number of carbonyl (C=O) groups excluding carboxylic acids is 1. The average molecular weight is 367 g/mol. The Balaban J connectivity index is 1.85. The van der Waals surface area contributed by atoms with Crippen molar-refractivity contribution in [3.05, 3.63) is 57.4 Å². The first kappa shape index (κ1) is 18.1. The van der Waals surface area contributed by atoms with E-state index in [0.717, 1.165) is 12.8 Å². The summed E-state index contributed by atoms with van der Waals surface area (Å²) in [7, 11) is 1.52. The lowest BCUT2D eigenvalue weighted by Gasteiger charge is -2.10. The van der Waals surface area contributed by atoms with Crippen molar-refractivity contribution in [1.29, 1.82) is 5.26 Å². The van der Waals surface area contributed by atoms with E-state index in [1.54, 1.807) is 18.2 Å². The van der Waals surface area contributed by atoms with Crippen LogP contribution in [0.1, 0.15) is 24.0 Å². The van der Waals surface area contributed by atoms with E-state index in [9.17, 15) is 20.2 Å². The molecule has 1 amide bonds. The van der Waals surface area contributed by atoms with E-state index < -0.39 is 4.92 Å². The van der Waals surface area contributed by atoms with Gasteiger partial charge in [-0.15, -0.1) is 0 Å². The molecular formula is C18H17N5O4. The summed E-state index contributed by atoms with van der Waals surface area (Å²) in [5.74, 6) is 0.186. The highest BCUT2D eigenvalue weighted by Crippen LogP contribution is 2.24. The van der Waals surface area contributed by atoms with E-state index in [-0.39, 0.29) is 29.8 Å². The summed E-state index contributed by atoms with van der Waals surface area (Å²) >= 11 is 0. The van der Waals surface area contributed by atoms with Crippen molar-refractivity contribution >= 4 is 17.7 Å². The van der Waals surface area contributed by atoms with Gasteiger partial charge in [0.05, 0.1) is 18.6 Å². The molecule has 0 saturated heterocycles. The number of hydrogen-bond acceptors (Lipinski definition) is 6. The van der Waals surface area contributed by atoms with Crippen LogP contribution in [-0.4, -0.2) is 33.8 Å². The van der Waals surface area contributed by atoms with E-state index in [4.69, 9.17) is 4.74 Å². The number of ether oxygens (including phenoxy) is 1. The van der Waals surface area contributed by atoms with Crippen LogP contribution < -0.4 is 10.1 Å². The van der Waals surface area contributed by atoms with E-state index in [1.807, 2.05) is 6.07 Å². The molecule has 1 aromatic heterocycles. The van der Waals surface area contributed by atoms with Crippen LogP contribution >= 0.6 is 0 Å². The molecule has 0 unspecified atom stereocenters. The molecule has 9 nitrogen and oxygen atoms in total. The summed E-state index contributed by atoms with van der Waals surface area (Å²) in [6.45, 7) is 0.245. The molecule has 1 N–H and O–H groups in total. The van der Waals surface area contributed by atoms with Crippen LogP contribution in [0, 0.1) is 21.4 Å². The molecule has 2 aromatic rings. The number of aromatic nitrogens is 2. The molecule has 0 spiro atoms. The number of methoxy groups -OCH3 is 1. The monoisotopic (exact) mass is 367 g/mol. The third kappa shape index (κ3) is 4.49. The molecule has 0 bridgehead atoms. The molecular weight excluding hydrogens is 350 g/mol. The summed E-state index contributed by atoms with van der Waals surface area (Å²) in [4.78, 5) is 22.4. The van der Waals surface area contributed by atoms with Gasteiger partial charge in [-0.3, -0.25) is 19.6 Å². The zero-order chi connectivity index (χ0) is 19.4. The second kappa shape index (κ2) is 7.70. The van der Waals surface area contributed by atoms with Crippen LogP contribution in [0.15, 0.2) is 36.2 Å². The summed E-state index contributed by atoms with van der Waals surface area (Å²) in [5, 5.41) is 26.8. The maximum Gasteiger partial charge on any atom is 0.307 e. The fourth-order valence-electron chi connectivity index (χ4n) is 2.53. The van der Waals surface area contributed by atoms with Gasteiger partial charge in [-0.05, 0) is 36.6 Å². The van der Waals surface area contributed by atoms with Crippen molar-refractivity contribution in [1.82, 2.24) is 15.1 Å². The summed E-state index contributed by atoms with van der Waals surface area (Å²) < 4.78 is 6.75. The molecule has 138 valence electrons. The van der Waals surface area contributed by atoms with Gasteiger partial charge in [-0.2, -0.15) is 10.4 Å². The molecule has 0 atom stereocenters. The number of nitrogens with one attached hydrogen (secondary N) is 1. The highest BCUT2D eigenvalue weighted by atomic mass is 16.6. The van der Waals surface area contributed by atoms with Crippen LogP contribution in [0.3, 0.4) is 0 Å². The topological polar surface area (TPSA) is 123 Å². The lowest BCUT2D eigenvalue weighted by atomic mass is 10.1. The Labute approximate surface area is 155 Å². The number of amides is 1. The lowest BCUT2D eigenvalue weighted by molar-refractivity contribution is -0.385. The molecule has 0 radical (unpaired) electrons. The zero-order valence-electron chi connectivity index (χ0n) is 14.6. The first-order valence-corrected chi connectivity index (χ1v) is 8.26. The molecule has 3 rings (SSSR count). The van der Waals surface area contributed by atoms with Crippen molar-refractivity contribution in [3.8, 4) is 11.8 Å². The van der Waals surface area contributed by atoms with Crippen LogP contribution in [0.5, 0.6) is 5.75 Å². The minimum atomic E-state index is -0.516. The molecule has 1 saturated carbocycles. The van der Waals surface area contributed by atoms with E-state index in [0.29, 0.717) is 16.9 Å². The molecule has 9 heteroatoms. The summed E-state index contributed by atoms with van der Waals surface area (Å²) in [6.07, 6.45) is 5.88. The molecule has 1 aliphatic rings. The number of rotatable bonds is 7. The van der Waals surface area contributed by atoms with Gasteiger partial charge in [-0.1, -0.05) is 6.07 Å². The predicted octanol–water partition coefficient (Wildman–Crippen LogP) is 2.03. The van der Waals surface area contributed by atoms with Crippen molar-refractivity contribution in [3.63, 3.8) is 0 Å². The van der Waals surface area contributed by atoms with Crippen molar-refractivity contribution in [2.75, 3.05) is 7.11 Å². The quantitative estimate of drug-likeness (QED) is 0.346. The maximum absolute atomic E-state index is 12.1. The predicted molar refractivity (Wildman–Crippen MR) is 95.7 cm³/mol. The smallest absolute Gasteiger partial charge is 0.307 e. The van der Waals surface area contributed by atoms with Crippen LogP contribution in [0.25, 0.3) is 6.08 Å². The molecule has 1 aromatic carbocycles. The van der Waals surface area contributed by atoms with E-state index >= 15 is 0 Å². The summed E-state index contributed by atoms with van der Waals surface area (Å²) in [5.41, 5.74) is 1.28. The first-order chi connectivity index (χ1) is 13.0. The van der Waals surface area contributed by atoms with E-state index in [1.165, 1.54) is 30.3 Å². The van der Waals surface area contributed by atoms with Gasteiger partial charge in [0.2, 0.25) is 0 Å². The first-order valence-electron chi connectivity index (χ1n) is 8.26. The van der Waals surface area contributed by atoms with Gasteiger partial charge < -0.3 is 10.1 Å². The zero-order valence-corrected chi connectivity index (χ0v) is 14.6. The number of benzene rings is 1. The van der Waals surface area contributed by atoms with Crippen molar-refractivity contribution in [2.24, 2.45) is 0 Å². The normalized spacial score (nSPS) is 13.7. The molecule has 1 fully saturated rings. The lowest BCUT2D eigenvalue weighted by Crippen LogP contribution is -2.26. The molecule has 0 aliphatic heterocycles. The standard InChI is InChI=1S/C18H17N5O4/c1-27-17-5-2-12(6-13(8-19)18(24)21-15-3-4-15)7-14(17)10-22-11-16(9-20-22)23(25)26/h2,5-7,9,11,15H,3-4,10H2,1H3,(H,21,24). The molecule has 27 heavy (non-hydrogen) atoms. The Morgan fingerprint density at radius 2 is 2.33 bits per heavy atom. The highest BCUT2D eigenvalue weighted by Gasteiger charge is 2.24. The summed E-state index contributed by atoms with van der Waals surface area (Å²) in [6, 6.07) is 7.29. The Bertz CT molecular complexity index is 953. The van der Waals surface area contributed by atoms with Crippen LogP contribution in [0.2, 0.25) is 0 Å².